The third-order valence-corrected chi connectivity index (χ3v) is 4.74. The molecule has 2 aliphatic rings. The molecule has 0 amide bonds. The van der Waals surface area contributed by atoms with Crippen molar-refractivity contribution in [3.8, 4) is 0 Å². The summed E-state index contributed by atoms with van der Waals surface area (Å²) < 4.78 is 0. The van der Waals surface area contributed by atoms with Gasteiger partial charge in [-0.3, -0.25) is 0 Å². The molecule has 0 fully saturated rings. The Labute approximate surface area is 145 Å². The summed E-state index contributed by atoms with van der Waals surface area (Å²) in [6.07, 6.45) is 6.41. The normalized spacial score (nSPS) is 17.4. The topological polar surface area (TPSA) is 58.5 Å². The van der Waals surface area contributed by atoms with E-state index in [-0.39, 0.29) is 6.04 Å². The first-order chi connectivity index (χ1) is 11.4. The number of nitrogens with two attached hydrogens (primary N) is 2. The van der Waals surface area contributed by atoms with Gasteiger partial charge in [0.2, 0.25) is 0 Å². The van der Waals surface area contributed by atoms with Crippen LogP contribution in [0.3, 0.4) is 0 Å². The Hall–Kier alpha value is -2.20. The lowest BCUT2D eigenvalue weighted by Gasteiger charge is -2.33. The molecule has 24 heavy (non-hydrogen) atoms. The quantitative estimate of drug-likeness (QED) is 0.657. The van der Waals surface area contributed by atoms with Crippen LogP contribution < -0.4 is 16.5 Å². The van der Waals surface area contributed by atoms with Crippen LogP contribution in [0.15, 0.2) is 53.4 Å². The number of hydrogen-bond acceptors (Lipinski definition) is 4. The lowest BCUT2D eigenvalue weighted by atomic mass is 9.97. The van der Waals surface area contributed by atoms with Crippen LogP contribution in [-0.2, 0) is 0 Å². The van der Waals surface area contributed by atoms with Crippen LogP contribution in [0.1, 0.15) is 46.1 Å². The van der Waals surface area contributed by atoms with Crippen molar-refractivity contribution in [2.75, 3.05) is 4.90 Å². The van der Waals surface area contributed by atoms with Gasteiger partial charge in [0.15, 0.2) is 0 Å². The molecule has 0 spiro atoms. The largest absolute Gasteiger partial charge is 0.397 e. The molecule has 1 aromatic carbocycles. The molecule has 1 aromatic rings. The highest BCUT2D eigenvalue weighted by Gasteiger charge is 2.30. The summed E-state index contributed by atoms with van der Waals surface area (Å²) in [5.41, 5.74) is 13.1. The summed E-state index contributed by atoms with van der Waals surface area (Å²) >= 11 is 0. The Morgan fingerprint density at radius 2 is 1.83 bits per heavy atom. The Balaban J connectivity index is 2.34. The van der Waals surface area contributed by atoms with Crippen molar-refractivity contribution in [2.24, 2.45) is 11.6 Å². The Kier molecular flexibility index (Phi) is 4.41. The van der Waals surface area contributed by atoms with Crippen molar-refractivity contribution >= 4 is 11.4 Å². The molecule has 1 heterocycles. The van der Waals surface area contributed by atoms with Crippen LogP contribution in [0, 0.1) is 0 Å². The van der Waals surface area contributed by atoms with Gasteiger partial charge in [0.05, 0.1) is 17.1 Å². The fourth-order valence-electron chi connectivity index (χ4n) is 3.54. The van der Waals surface area contributed by atoms with E-state index in [1.807, 2.05) is 0 Å². The zero-order valence-electron chi connectivity index (χ0n) is 15.1. The predicted octanol–water partition coefficient (Wildman–Crippen LogP) is 3.73. The van der Waals surface area contributed by atoms with E-state index in [4.69, 9.17) is 11.6 Å². The van der Waals surface area contributed by atoms with Crippen LogP contribution in [-0.4, -0.2) is 17.1 Å². The minimum absolute atomic E-state index is 0.167. The zero-order chi connectivity index (χ0) is 17.4. The second-order valence-corrected chi connectivity index (χ2v) is 7.05. The van der Waals surface area contributed by atoms with Gasteiger partial charge in [-0.25, -0.2) is 5.84 Å². The second kappa shape index (κ2) is 6.36. The van der Waals surface area contributed by atoms with Crippen molar-refractivity contribution in [3.63, 3.8) is 0 Å². The molecule has 0 aromatic heterocycles. The number of anilines is 1. The number of hydrazine groups is 1. The highest BCUT2D eigenvalue weighted by Crippen LogP contribution is 2.41. The van der Waals surface area contributed by atoms with E-state index in [0.717, 1.165) is 35.5 Å². The summed E-state index contributed by atoms with van der Waals surface area (Å²) in [5.74, 6) is 6.45. The molecule has 1 aliphatic heterocycles. The first kappa shape index (κ1) is 16.7. The fraction of sp³-hybridized carbons (Fsp3) is 0.400. The average molecular weight is 324 g/mol. The van der Waals surface area contributed by atoms with E-state index in [1.54, 1.807) is 5.01 Å². The molecule has 0 saturated heterocycles. The first-order valence-corrected chi connectivity index (χ1v) is 8.75. The maximum atomic E-state index is 6.69. The van der Waals surface area contributed by atoms with Gasteiger partial charge in [-0.05, 0) is 52.7 Å². The summed E-state index contributed by atoms with van der Waals surface area (Å²) in [4.78, 5) is 2.38. The van der Waals surface area contributed by atoms with E-state index in [2.05, 4.69) is 69.0 Å². The Bertz CT molecular complexity index is 725. The van der Waals surface area contributed by atoms with Crippen LogP contribution in [0.4, 0.5) is 5.69 Å². The van der Waals surface area contributed by atoms with Crippen LogP contribution >= 0.6 is 0 Å². The first-order valence-electron chi connectivity index (χ1n) is 8.75. The number of hydrogen-bond donors (Lipinski definition) is 2. The van der Waals surface area contributed by atoms with Crippen molar-refractivity contribution in [1.29, 1.82) is 0 Å². The molecule has 0 unspecified atom stereocenters. The Morgan fingerprint density at radius 1 is 1.12 bits per heavy atom. The lowest BCUT2D eigenvalue weighted by Crippen LogP contribution is -2.37. The summed E-state index contributed by atoms with van der Waals surface area (Å²) in [6.45, 7) is 8.61. The van der Waals surface area contributed by atoms with Gasteiger partial charge in [-0.1, -0.05) is 24.3 Å². The lowest BCUT2D eigenvalue weighted by molar-refractivity contribution is 0.341. The van der Waals surface area contributed by atoms with E-state index in [0.29, 0.717) is 6.04 Å². The zero-order valence-corrected chi connectivity index (χ0v) is 15.1. The highest BCUT2D eigenvalue weighted by molar-refractivity contribution is 5.84. The number of benzene rings is 1. The molecule has 1 aliphatic carbocycles. The molecule has 4 heteroatoms. The minimum Gasteiger partial charge on any atom is -0.397 e. The molecular formula is C20H28N4. The van der Waals surface area contributed by atoms with Gasteiger partial charge in [0.25, 0.3) is 0 Å². The molecule has 3 rings (SSSR count). The third kappa shape index (κ3) is 2.61. The maximum absolute atomic E-state index is 6.69. The van der Waals surface area contributed by atoms with Crippen molar-refractivity contribution in [1.82, 2.24) is 5.01 Å². The van der Waals surface area contributed by atoms with E-state index in [1.165, 1.54) is 11.3 Å². The van der Waals surface area contributed by atoms with Crippen LogP contribution in [0.25, 0.3) is 5.70 Å². The van der Waals surface area contributed by atoms with Gasteiger partial charge in [0.1, 0.15) is 0 Å². The monoisotopic (exact) mass is 324 g/mol. The molecule has 4 N–H and O–H groups in total. The second-order valence-electron chi connectivity index (χ2n) is 7.05. The number of para-hydroxylation sites is 1. The average Bonchev–Trinajstić information content (AvgIpc) is 2.66. The smallest absolute Gasteiger partial charge is 0.0846 e. The highest BCUT2D eigenvalue weighted by atomic mass is 15.4. The van der Waals surface area contributed by atoms with Gasteiger partial charge in [-0.2, -0.15) is 0 Å². The summed E-state index contributed by atoms with van der Waals surface area (Å²) in [5, 5.41) is 1.81. The van der Waals surface area contributed by atoms with Crippen molar-refractivity contribution < 1.29 is 0 Å². The number of allylic oxidation sites excluding steroid dienone is 3. The molecule has 4 nitrogen and oxygen atoms in total. The molecule has 0 atom stereocenters. The van der Waals surface area contributed by atoms with Crippen LogP contribution in [0.2, 0.25) is 0 Å². The molecule has 0 saturated carbocycles. The number of nitrogens with zero attached hydrogens (tertiary/aromatic N) is 2. The fourth-order valence-corrected chi connectivity index (χ4v) is 3.54. The SMILES string of the molecule is CC(C)N(N)C1=C(N)C2=C(C=CCC2)N(C(C)C)c2ccccc21. The van der Waals surface area contributed by atoms with Crippen molar-refractivity contribution in [3.05, 3.63) is 58.9 Å². The maximum Gasteiger partial charge on any atom is 0.0846 e. The van der Waals surface area contributed by atoms with E-state index >= 15 is 0 Å². The third-order valence-electron chi connectivity index (χ3n) is 4.74. The molecule has 0 bridgehead atoms. The Morgan fingerprint density at radius 3 is 2.50 bits per heavy atom. The van der Waals surface area contributed by atoms with E-state index in [9.17, 15) is 0 Å². The standard InChI is InChI=1S/C20H28N4/c1-13(2)23-17-11-7-5-9-15(17)19(21)20(24(22)14(3)4)16-10-6-8-12-18(16)23/h6-8,10-14H,5,9,21-22H2,1-4H3. The molecular weight excluding hydrogens is 296 g/mol. The summed E-state index contributed by atoms with van der Waals surface area (Å²) in [6, 6.07) is 8.92. The predicted molar refractivity (Wildman–Crippen MR) is 102 cm³/mol. The van der Waals surface area contributed by atoms with Gasteiger partial charge >= 0.3 is 0 Å². The van der Waals surface area contributed by atoms with E-state index < -0.39 is 0 Å². The van der Waals surface area contributed by atoms with Gasteiger partial charge < -0.3 is 15.6 Å². The number of fused-ring (bicyclic) bond motifs is 1. The van der Waals surface area contributed by atoms with Crippen molar-refractivity contribution in [2.45, 2.75) is 52.6 Å². The van der Waals surface area contributed by atoms with Gasteiger partial charge in [-0.15, -0.1) is 0 Å². The molecule has 0 radical (unpaired) electrons. The molecule has 128 valence electrons. The van der Waals surface area contributed by atoms with Gasteiger partial charge in [0, 0.05) is 28.9 Å². The van der Waals surface area contributed by atoms with Crippen LogP contribution in [0.5, 0.6) is 0 Å². The summed E-state index contributed by atoms with van der Waals surface area (Å²) in [7, 11) is 0. The number of rotatable bonds is 3. The minimum atomic E-state index is 0.167.